The maximum atomic E-state index is 13.0. The monoisotopic (exact) mass is 468 g/mol. The summed E-state index contributed by atoms with van der Waals surface area (Å²) < 4.78 is 28.5. The number of nitrogens with one attached hydrogen (secondary N) is 1. The number of aliphatic hydroxyl groups is 1. The summed E-state index contributed by atoms with van der Waals surface area (Å²) in [4.78, 5) is 20.9. The molecule has 1 fully saturated rings. The Labute approximate surface area is 193 Å². The van der Waals surface area contributed by atoms with Gasteiger partial charge in [-0.3, -0.25) is 14.5 Å². The molecule has 33 heavy (non-hydrogen) atoms. The molecule has 1 saturated heterocycles. The average molecular weight is 469 g/mol. The van der Waals surface area contributed by atoms with Gasteiger partial charge >= 0.3 is 0 Å². The maximum absolute atomic E-state index is 13.0. The van der Waals surface area contributed by atoms with Crippen molar-refractivity contribution in [1.29, 1.82) is 0 Å². The molecule has 0 radical (unpaired) electrons. The third-order valence-corrected chi connectivity index (χ3v) is 7.27. The van der Waals surface area contributed by atoms with Crippen LogP contribution in [0.2, 0.25) is 0 Å². The van der Waals surface area contributed by atoms with E-state index in [2.05, 4.69) is 9.71 Å². The van der Waals surface area contributed by atoms with Crippen LogP contribution in [0, 0.1) is 0 Å². The molecule has 174 valence electrons. The van der Waals surface area contributed by atoms with Crippen molar-refractivity contribution in [2.75, 3.05) is 38.5 Å². The van der Waals surface area contributed by atoms with Crippen LogP contribution in [-0.4, -0.2) is 73.5 Å². The zero-order valence-corrected chi connectivity index (χ0v) is 19.5. The number of pyridine rings is 1. The van der Waals surface area contributed by atoms with Crippen molar-refractivity contribution in [2.24, 2.45) is 0 Å². The van der Waals surface area contributed by atoms with Gasteiger partial charge in [0.1, 0.15) is 4.90 Å². The van der Waals surface area contributed by atoms with Crippen LogP contribution in [0.15, 0.2) is 65.7 Å². The summed E-state index contributed by atoms with van der Waals surface area (Å²) in [6.45, 7) is 1.52. The largest absolute Gasteiger partial charge is 0.388 e. The average Bonchev–Trinajstić information content (AvgIpc) is 2.78. The lowest BCUT2D eigenvalue weighted by molar-refractivity contribution is -0.0324. The fraction of sp³-hybridized carbons (Fsp3) is 0.333. The Hall–Kier alpha value is -3.01. The number of carbonyl (C=O) groups excluding carboxylic acids is 1. The highest BCUT2D eigenvalue weighted by Gasteiger charge is 2.34. The van der Waals surface area contributed by atoms with Crippen LogP contribution in [0.5, 0.6) is 0 Å². The van der Waals surface area contributed by atoms with Gasteiger partial charge in [0.15, 0.2) is 0 Å². The highest BCUT2D eigenvalue weighted by molar-refractivity contribution is 7.93. The number of nitrogens with zero attached hydrogens (tertiary/aromatic N) is 3. The molecule has 2 heterocycles. The Bertz CT molecular complexity index is 1250. The van der Waals surface area contributed by atoms with Gasteiger partial charge in [0.25, 0.3) is 15.9 Å². The van der Waals surface area contributed by atoms with Gasteiger partial charge in [0.2, 0.25) is 0 Å². The second-order valence-corrected chi connectivity index (χ2v) is 10.4. The summed E-state index contributed by atoms with van der Waals surface area (Å²) >= 11 is 0. The number of likely N-dealkylation sites (N-methyl/N-ethyl adjacent to an activating group) is 1. The molecule has 0 aliphatic carbocycles. The summed E-state index contributed by atoms with van der Waals surface area (Å²) in [6.07, 6.45) is 2.60. The summed E-state index contributed by atoms with van der Waals surface area (Å²) in [5, 5.41) is 11.4. The molecule has 2 N–H and O–H groups in total. The number of para-hydroxylation sites is 1. The maximum Gasteiger partial charge on any atom is 0.264 e. The lowest BCUT2D eigenvalue weighted by Gasteiger charge is -2.39. The highest BCUT2D eigenvalue weighted by atomic mass is 32.2. The fourth-order valence-electron chi connectivity index (χ4n) is 4.24. The molecule has 0 bridgehead atoms. The number of carbonyl (C=O) groups is 1. The molecule has 0 saturated carbocycles. The third kappa shape index (κ3) is 5.16. The van der Waals surface area contributed by atoms with Crippen molar-refractivity contribution < 1.29 is 18.3 Å². The minimum absolute atomic E-state index is 0.0966. The van der Waals surface area contributed by atoms with Crippen molar-refractivity contribution in [3.8, 4) is 0 Å². The van der Waals surface area contributed by atoms with Gasteiger partial charge in [0.05, 0.1) is 11.1 Å². The van der Waals surface area contributed by atoms with Gasteiger partial charge in [-0.05, 0) is 63.3 Å². The van der Waals surface area contributed by atoms with Gasteiger partial charge < -0.3 is 14.9 Å². The smallest absolute Gasteiger partial charge is 0.264 e. The molecule has 1 aromatic heterocycles. The van der Waals surface area contributed by atoms with Gasteiger partial charge in [0, 0.05) is 42.5 Å². The summed E-state index contributed by atoms with van der Waals surface area (Å²) in [5.74, 6) is -0.130. The fourth-order valence-corrected chi connectivity index (χ4v) is 5.48. The van der Waals surface area contributed by atoms with E-state index in [-0.39, 0.29) is 10.8 Å². The zero-order valence-electron chi connectivity index (χ0n) is 18.7. The minimum atomic E-state index is -3.86. The van der Waals surface area contributed by atoms with Crippen molar-refractivity contribution in [3.63, 3.8) is 0 Å². The number of likely N-dealkylation sites (tertiary alicyclic amines) is 1. The van der Waals surface area contributed by atoms with E-state index in [1.165, 1.54) is 6.07 Å². The number of amides is 1. The van der Waals surface area contributed by atoms with Crippen LogP contribution >= 0.6 is 0 Å². The number of sulfonamides is 1. The summed E-state index contributed by atoms with van der Waals surface area (Å²) in [6, 6.07) is 15.0. The molecule has 1 amide bonds. The molecular formula is C24H28N4O4S. The van der Waals surface area contributed by atoms with E-state index >= 15 is 0 Å². The molecule has 9 heteroatoms. The number of anilines is 1. The Morgan fingerprint density at radius 1 is 1.09 bits per heavy atom. The van der Waals surface area contributed by atoms with E-state index in [1.54, 1.807) is 47.5 Å². The lowest BCUT2D eigenvalue weighted by Crippen LogP contribution is -2.51. The standard InChI is InChI=1S/C24H28N4O4S/c1-27(2)17-24(30)12-15-28(16-13-24)23(29)19-8-10-20(11-9-19)26-33(31,32)21-7-3-5-18-6-4-14-25-22(18)21/h3-11,14,26,30H,12-13,15-17H2,1-2H3. The number of hydrogen-bond donors (Lipinski definition) is 2. The molecule has 0 atom stereocenters. The molecular weight excluding hydrogens is 440 g/mol. The van der Waals surface area contributed by atoms with Crippen molar-refractivity contribution >= 4 is 32.5 Å². The first-order valence-electron chi connectivity index (χ1n) is 10.8. The van der Waals surface area contributed by atoms with Crippen molar-refractivity contribution in [1.82, 2.24) is 14.8 Å². The van der Waals surface area contributed by atoms with Gasteiger partial charge in [-0.1, -0.05) is 18.2 Å². The van der Waals surface area contributed by atoms with E-state index in [4.69, 9.17) is 0 Å². The van der Waals surface area contributed by atoms with Gasteiger partial charge in [-0.2, -0.15) is 0 Å². The number of piperidine rings is 1. The van der Waals surface area contributed by atoms with E-state index in [9.17, 15) is 18.3 Å². The first-order chi connectivity index (χ1) is 15.7. The topological polar surface area (TPSA) is 103 Å². The summed E-state index contributed by atoms with van der Waals surface area (Å²) in [7, 11) is -0.0187. The molecule has 1 aliphatic heterocycles. The van der Waals surface area contributed by atoms with Crippen LogP contribution < -0.4 is 4.72 Å². The third-order valence-electron chi connectivity index (χ3n) is 5.86. The predicted octanol–water partition coefficient (Wildman–Crippen LogP) is 2.56. The second kappa shape index (κ2) is 9.09. The SMILES string of the molecule is CN(C)CC1(O)CCN(C(=O)c2ccc(NS(=O)(=O)c3cccc4cccnc34)cc2)CC1. The van der Waals surface area contributed by atoms with Gasteiger partial charge in [-0.15, -0.1) is 0 Å². The Morgan fingerprint density at radius 3 is 2.42 bits per heavy atom. The van der Waals surface area contributed by atoms with E-state index in [0.29, 0.717) is 49.2 Å². The van der Waals surface area contributed by atoms with Gasteiger partial charge in [-0.25, -0.2) is 8.42 Å². The first kappa shape index (κ1) is 23.2. The highest BCUT2D eigenvalue weighted by Crippen LogP contribution is 2.26. The first-order valence-corrected chi connectivity index (χ1v) is 12.3. The van der Waals surface area contributed by atoms with Crippen molar-refractivity contribution in [3.05, 3.63) is 66.4 Å². The normalized spacial score (nSPS) is 16.2. The summed E-state index contributed by atoms with van der Waals surface area (Å²) in [5.41, 5.74) is 0.457. The molecule has 8 nitrogen and oxygen atoms in total. The molecule has 3 aromatic rings. The number of hydrogen-bond acceptors (Lipinski definition) is 6. The number of aromatic nitrogens is 1. The molecule has 4 rings (SSSR count). The Kier molecular flexibility index (Phi) is 6.38. The van der Waals surface area contributed by atoms with Crippen LogP contribution in [0.3, 0.4) is 0 Å². The van der Waals surface area contributed by atoms with E-state index in [1.807, 2.05) is 31.1 Å². The number of benzene rings is 2. The Morgan fingerprint density at radius 2 is 1.76 bits per heavy atom. The lowest BCUT2D eigenvalue weighted by atomic mass is 9.90. The predicted molar refractivity (Wildman–Crippen MR) is 128 cm³/mol. The van der Waals surface area contributed by atoms with Crippen LogP contribution in [0.1, 0.15) is 23.2 Å². The zero-order chi connectivity index (χ0) is 23.6. The van der Waals surface area contributed by atoms with Crippen LogP contribution in [0.4, 0.5) is 5.69 Å². The number of fused-ring (bicyclic) bond motifs is 1. The van der Waals surface area contributed by atoms with E-state index < -0.39 is 15.6 Å². The molecule has 1 aliphatic rings. The van der Waals surface area contributed by atoms with Crippen LogP contribution in [0.25, 0.3) is 10.9 Å². The molecule has 0 spiro atoms. The quantitative estimate of drug-likeness (QED) is 0.576. The second-order valence-electron chi connectivity index (χ2n) is 8.77. The number of rotatable bonds is 6. The van der Waals surface area contributed by atoms with Crippen LogP contribution in [-0.2, 0) is 10.0 Å². The molecule has 2 aromatic carbocycles. The van der Waals surface area contributed by atoms with Crippen molar-refractivity contribution in [2.45, 2.75) is 23.3 Å². The minimum Gasteiger partial charge on any atom is -0.388 e. The van der Waals surface area contributed by atoms with E-state index in [0.717, 1.165) is 5.39 Å². The molecule has 0 unspecified atom stereocenters. The Balaban J connectivity index is 1.45.